The first-order valence-corrected chi connectivity index (χ1v) is 7.14. The van der Waals surface area contributed by atoms with Crippen molar-refractivity contribution in [1.29, 1.82) is 0 Å². The van der Waals surface area contributed by atoms with Crippen LogP contribution in [0.2, 0.25) is 0 Å². The van der Waals surface area contributed by atoms with Crippen molar-refractivity contribution < 1.29 is 9.47 Å². The highest BCUT2D eigenvalue weighted by molar-refractivity contribution is 5.60. The molecular weight excluding hydrogens is 268 g/mol. The fourth-order valence-corrected chi connectivity index (χ4v) is 2.71. The lowest BCUT2D eigenvalue weighted by Gasteiger charge is -2.21. The molecule has 6 heteroatoms. The van der Waals surface area contributed by atoms with Crippen LogP contribution < -0.4 is 15.2 Å². The molecule has 0 amide bonds. The van der Waals surface area contributed by atoms with E-state index in [2.05, 4.69) is 10.1 Å². The van der Waals surface area contributed by atoms with E-state index in [9.17, 15) is 0 Å². The molecule has 0 radical (unpaired) electrons. The van der Waals surface area contributed by atoms with E-state index >= 15 is 0 Å². The Labute approximate surface area is 123 Å². The number of rotatable bonds is 4. The second kappa shape index (κ2) is 5.73. The minimum atomic E-state index is 0.252. The van der Waals surface area contributed by atoms with Crippen molar-refractivity contribution in [2.24, 2.45) is 5.73 Å². The van der Waals surface area contributed by atoms with Gasteiger partial charge in [-0.15, -0.1) is 0 Å². The van der Waals surface area contributed by atoms with Gasteiger partial charge in [0.1, 0.15) is 17.3 Å². The van der Waals surface area contributed by atoms with Crippen LogP contribution in [0.3, 0.4) is 0 Å². The van der Waals surface area contributed by atoms with Crippen molar-refractivity contribution in [3.63, 3.8) is 0 Å². The predicted octanol–water partition coefficient (Wildman–Crippen LogP) is 1.80. The third-order valence-corrected chi connectivity index (χ3v) is 3.87. The predicted molar refractivity (Wildman–Crippen MR) is 79.6 cm³/mol. The molecule has 1 atom stereocenters. The van der Waals surface area contributed by atoms with Crippen molar-refractivity contribution in [2.45, 2.75) is 25.3 Å². The molecule has 0 bridgehead atoms. The maximum atomic E-state index is 5.83. The molecule has 1 aromatic heterocycles. The second-order valence-corrected chi connectivity index (χ2v) is 5.18. The van der Waals surface area contributed by atoms with Gasteiger partial charge < -0.3 is 15.2 Å². The Kier molecular flexibility index (Phi) is 3.79. The van der Waals surface area contributed by atoms with E-state index in [1.165, 1.54) is 0 Å². The molecule has 21 heavy (non-hydrogen) atoms. The number of fused-ring (bicyclic) bond motifs is 1. The largest absolute Gasteiger partial charge is 0.497 e. The van der Waals surface area contributed by atoms with E-state index < -0.39 is 0 Å². The van der Waals surface area contributed by atoms with Gasteiger partial charge in [0.2, 0.25) is 0 Å². The summed E-state index contributed by atoms with van der Waals surface area (Å²) in [6.07, 6.45) is 3.12. The summed E-state index contributed by atoms with van der Waals surface area (Å²) < 4.78 is 12.6. The number of hydrogen-bond acceptors (Lipinski definition) is 5. The number of hydrogen-bond donors (Lipinski definition) is 1. The van der Waals surface area contributed by atoms with Gasteiger partial charge in [0, 0.05) is 24.6 Å². The number of methoxy groups -OCH3 is 2. The molecule has 0 fully saturated rings. The summed E-state index contributed by atoms with van der Waals surface area (Å²) in [7, 11) is 3.27. The van der Waals surface area contributed by atoms with Crippen LogP contribution in [-0.2, 0) is 6.42 Å². The van der Waals surface area contributed by atoms with Crippen LogP contribution in [0.4, 0.5) is 0 Å². The van der Waals surface area contributed by atoms with Crippen LogP contribution in [0, 0.1) is 0 Å². The first kappa shape index (κ1) is 13.9. The number of aryl methyl sites for hydroxylation is 1. The summed E-state index contributed by atoms with van der Waals surface area (Å²) in [5.41, 5.74) is 6.72. The molecule has 0 spiro atoms. The van der Waals surface area contributed by atoms with Crippen LogP contribution in [0.15, 0.2) is 18.2 Å². The monoisotopic (exact) mass is 288 g/mol. The van der Waals surface area contributed by atoms with Gasteiger partial charge in [-0.1, -0.05) is 0 Å². The van der Waals surface area contributed by atoms with E-state index in [-0.39, 0.29) is 6.04 Å². The molecule has 2 N–H and O–H groups in total. The number of ether oxygens (including phenoxy) is 2. The summed E-state index contributed by atoms with van der Waals surface area (Å²) in [5, 5.41) is 4.64. The molecule has 2 heterocycles. The summed E-state index contributed by atoms with van der Waals surface area (Å²) in [4.78, 5) is 4.66. The maximum absolute atomic E-state index is 5.83. The number of benzene rings is 1. The van der Waals surface area contributed by atoms with Crippen LogP contribution in [0.5, 0.6) is 11.5 Å². The molecule has 2 aromatic rings. The van der Waals surface area contributed by atoms with Crippen LogP contribution in [0.25, 0.3) is 11.4 Å². The zero-order valence-corrected chi connectivity index (χ0v) is 12.4. The van der Waals surface area contributed by atoms with Gasteiger partial charge >= 0.3 is 0 Å². The van der Waals surface area contributed by atoms with Gasteiger partial charge in [0.15, 0.2) is 5.82 Å². The van der Waals surface area contributed by atoms with Crippen molar-refractivity contribution >= 4 is 0 Å². The number of nitrogens with two attached hydrogens (primary N) is 1. The van der Waals surface area contributed by atoms with E-state index in [0.717, 1.165) is 42.1 Å². The average Bonchev–Trinajstić information content (AvgIpc) is 2.98. The minimum absolute atomic E-state index is 0.252. The second-order valence-electron chi connectivity index (χ2n) is 5.18. The Morgan fingerprint density at radius 2 is 1.95 bits per heavy atom. The quantitative estimate of drug-likeness (QED) is 0.928. The van der Waals surface area contributed by atoms with Gasteiger partial charge in [0.05, 0.1) is 20.3 Å². The molecule has 3 rings (SSSR count). The minimum Gasteiger partial charge on any atom is -0.497 e. The van der Waals surface area contributed by atoms with Gasteiger partial charge in [-0.25, -0.2) is 9.67 Å². The molecule has 1 aliphatic rings. The standard InChI is InChI=1S/C15H20N4O2/c1-20-12-6-10(7-13(8-12)21-2)15-17-14-5-3-4-11(9-16)19(14)18-15/h6-8,11H,3-5,9,16H2,1-2H3. The van der Waals surface area contributed by atoms with Crippen LogP contribution in [0.1, 0.15) is 24.7 Å². The lowest BCUT2D eigenvalue weighted by Crippen LogP contribution is -2.25. The Morgan fingerprint density at radius 1 is 1.24 bits per heavy atom. The molecular formula is C15H20N4O2. The first-order valence-electron chi connectivity index (χ1n) is 7.14. The molecule has 1 unspecified atom stereocenters. The summed E-state index contributed by atoms with van der Waals surface area (Å²) >= 11 is 0. The maximum Gasteiger partial charge on any atom is 0.181 e. The molecule has 0 saturated heterocycles. The van der Waals surface area contributed by atoms with E-state index in [1.54, 1.807) is 14.2 Å². The fourth-order valence-electron chi connectivity index (χ4n) is 2.71. The van der Waals surface area contributed by atoms with E-state index in [1.807, 2.05) is 22.9 Å². The van der Waals surface area contributed by atoms with Crippen LogP contribution in [-0.4, -0.2) is 35.5 Å². The number of nitrogens with zero attached hydrogens (tertiary/aromatic N) is 3. The highest BCUT2D eigenvalue weighted by Crippen LogP contribution is 2.30. The molecule has 6 nitrogen and oxygen atoms in total. The first-order chi connectivity index (χ1) is 10.2. The van der Waals surface area contributed by atoms with Crippen molar-refractivity contribution in [1.82, 2.24) is 14.8 Å². The highest BCUT2D eigenvalue weighted by atomic mass is 16.5. The third-order valence-electron chi connectivity index (χ3n) is 3.87. The third kappa shape index (κ3) is 2.58. The van der Waals surface area contributed by atoms with Crippen molar-refractivity contribution in [3.8, 4) is 22.9 Å². The Morgan fingerprint density at radius 3 is 2.57 bits per heavy atom. The molecule has 112 valence electrons. The molecule has 1 aliphatic heterocycles. The zero-order chi connectivity index (χ0) is 14.8. The van der Waals surface area contributed by atoms with Gasteiger partial charge in [-0.05, 0) is 25.0 Å². The molecule has 1 aromatic carbocycles. The highest BCUT2D eigenvalue weighted by Gasteiger charge is 2.22. The van der Waals surface area contributed by atoms with Crippen molar-refractivity contribution in [2.75, 3.05) is 20.8 Å². The fraction of sp³-hybridized carbons (Fsp3) is 0.467. The van der Waals surface area contributed by atoms with Gasteiger partial charge in [0.25, 0.3) is 0 Å². The average molecular weight is 288 g/mol. The lowest BCUT2D eigenvalue weighted by atomic mass is 10.1. The summed E-state index contributed by atoms with van der Waals surface area (Å²) in [5.74, 6) is 3.16. The lowest BCUT2D eigenvalue weighted by molar-refractivity contribution is 0.370. The Bertz CT molecular complexity index is 616. The zero-order valence-electron chi connectivity index (χ0n) is 12.4. The topological polar surface area (TPSA) is 75.2 Å². The van der Waals surface area contributed by atoms with Gasteiger partial charge in [-0.2, -0.15) is 5.10 Å². The summed E-state index contributed by atoms with van der Waals surface area (Å²) in [6.45, 7) is 0.594. The number of aromatic nitrogens is 3. The van der Waals surface area contributed by atoms with E-state index in [0.29, 0.717) is 12.4 Å². The molecule has 0 aliphatic carbocycles. The summed E-state index contributed by atoms with van der Waals surface area (Å²) in [6, 6.07) is 5.92. The Hall–Kier alpha value is -2.08. The van der Waals surface area contributed by atoms with Crippen molar-refractivity contribution in [3.05, 3.63) is 24.0 Å². The van der Waals surface area contributed by atoms with Gasteiger partial charge in [-0.3, -0.25) is 0 Å². The SMILES string of the molecule is COc1cc(OC)cc(-c2nc3n(n2)C(CN)CCC3)c1. The smallest absolute Gasteiger partial charge is 0.181 e. The van der Waals surface area contributed by atoms with E-state index in [4.69, 9.17) is 15.2 Å². The normalized spacial score (nSPS) is 17.4. The van der Waals surface area contributed by atoms with Crippen LogP contribution >= 0.6 is 0 Å². The molecule has 0 saturated carbocycles. The Balaban J connectivity index is 2.03.